The molecule has 0 aliphatic rings. The van der Waals surface area contributed by atoms with E-state index in [1.165, 1.54) is 6.07 Å². The second-order valence-corrected chi connectivity index (χ2v) is 3.64. The SMILES string of the molecule is Cc1cc(Cl)c(Br)c(CO)c1F. The first-order valence-corrected chi connectivity index (χ1v) is 4.49. The Morgan fingerprint density at radius 2 is 2.25 bits per heavy atom. The van der Waals surface area contributed by atoms with Gasteiger partial charge in [-0.2, -0.15) is 0 Å². The third-order valence-corrected chi connectivity index (χ3v) is 3.02. The average Bonchev–Trinajstić information content (AvgIpc) is 2.02. The zero-order chi connectivity index (χ0) is 9.30. The van der Waals surface area contributed by atoms with Gasteiger partial charge >= 0.3 is 0 Å². The van der Waals surface area contributed by atoms with Crippen molar-refractivity contribution in [2.45, 2.75) is 13.5 Å². The van der Waals surface area contributed by atoms with Gasteiger partial charge in [0.05, 0.1) is 11.6 Å². The van der Waals surface area contributed by atoms with Crippen molar-refractivity contribution < 1.29 is 9.50 Å². The van der Waals surface area contributed by atoms with E-state index in [0.717, 1.165) is 0 Å². The molecule has 1 rings (SSSR count). The number of hydrogen-bond acceptors (Lipinski definition) is 1. The largest absolute Gasteiger partial charge is 0.392 e. The smallest absolute Gasteiger partial charge is 0.132 e. The van der Waals surface area contributed by atoms with Gasteiger partial charge in [0.1, 0.15) is 5.82 Å². The van der Waals surface area contributed by atoms with Crippen molar-refractivity contribution in [1.82, 2.24) is 0 Å². The van der Waals surface area contributed by atoms with Gasteiger partial charge in [-0.1, -0.05) is 11.6 Å². The molecule has 66 valence electrons. The highest BCUT2D eigenvalue weighted by atomic mass is 79.9. The quantitative estimate of drug-likeness (QED) is 0.763. The molecule has 0 bridgehead atoms. The maximum absolute atomic E-state index is 13.2. The first-order chi connectivity index (χ1) is 5.57. The third-order valence-electron chi connectivity index (χ3n) is 1.59. The summed E-state index contributed by atoms with van der Waals surface area (Å²) in [4.78, 5) is 0. The van der Waals surface area contributed by atoms with Crippen molar-refractivity contribution in [2.75, 3.05) is 0 Å². The Morgan fingerprint density at radius 1 is 1.67 bits per heavy atom. The van der Waals surface area contributed by atoms with Crippen LogP contribution >= 0.6 is 27.5 Å². The lowest BCUT2D eigenvalue weighted by molar-refractivity contribution is 0.274. The van der Waals surface area contributed by atoms with Crippen LogP contribution in [0.25, 0.3) is 0 Å². The fourth-order valence-electron chi connectivity index (χ4n) is 0.934. The van der Waals surface area contributed by atoms with Gasteiger partial charge in [0.2, 0.25) is 0 Å². The summed E-state index contributed by atoms with van der Waals surface area (Å²) < 4.78 is 13.6. The Bertz CT molecular complexity index is 288. The standard InChI is InChI=1S/C8H7BrClFO/c1-4-2-6(10)7(9)5(3-12)8(4)11/h2,12H,3H2,1H3. The van der Waals surface area contributed by atoms with Gasteiger partial charge in [0.25, 0.3) is 0 Å². The van der Waals surface area contributed by atoms with Crippen LogP contribution in [0.4, 0.5) is 4.39 Å². The van der Waals surface area contributed by atoms with E-state index in [2.05, 4.69) is 15.9 Å². The van der Waals surface area contributed by atoms with Gasteiger partial charge < -0.3 is 5.11 Å². The number of aliphatic hydroxyl groups is 1. The Labute approximate surface area is 83.3 Å². The molecule has 0 amide bonds. The molecular formula is C8H7BrClFO. The molecule has 0 aromatic heterocycles. The number of benzene rings is 1. The Morgan fingerprint density at radius 3 is 2.75 bits per heavy atom. The van der Waals surface area contributed by atoms with Crippen molar-refractivity contribution in [1.29, 1.82) is 0 Å². The average molecular weight is 253 g/mol. The highest BCUT2D eigenvalue weighted by Crippen LogP contribution is 2.30. The summed E-state index contributed by atoms with van der Waals surface area (Å²) in [5.41, 5.74) is 0.646. The van der Waals surface area contributed by atoms with E-state index in [0.29, 0.717) is 15.1 Å². The predicted octanol–water partition coefficient (Wildman–Crippen LogP) is 3.04. The highest BCUT2D eigenvalue weighted by molar-refractivity contribution is 9.10. The van der Waals surface area contributed by atoms with E-state index in [-0.39, 0.29) is 12.2 Å². The van der Waals surface area contributed by atoms with Crippen molar-refractivity contribution in [3.05, 3.63) is 32.5 Å². The summed E-state index contributed by atoms with van der Waals surface area (Å²) in [6.07, 6.45) is 0. The molecule has 0 fully saturated rings. The van der Waals surface area contributed by atoms with Crippen LogP contribution in [0.15, 0.2) is 10.5 Å². The van der Waals surface area contributed by atoms with Crippen LogP contribution in [-0.4, -0.2) is 5.11 Å². The fourth-order valence-corrected chi connectivity index (χ4v) is 1.63. The van der Waals surface area contributed by atoms with Gasteiger partial charge in [0.15, 0.2) is 0 Å². The summed E-state index contributed by atoms with van der Waals surface area (Å²) in [6, 6.07) is 1.51. The van der Waals surface area contributed by atoms with Crippen LogP contribution < -0.4 is 0 Å². The summed E-state index contributed by atoms with van der Waals surface area (Å²) in [6.45, 7) is 1.25. The number of hydrogen-bond donors (Lipinski definition) is 1. The van der Waals surface area contributed by atoms with E-state index >= 15 is 0 Å². The van der Waals surface area contributed by atoms with Crippen molar-refractivity contribution in [3.63, 3.8) is 0 Å². The second kappa shape index (κ2) is 3.73. The molecule has 4 heteroatoms. The number of halogens is 3. The minimum Gasteiger partial charge on any atom is -0.392 e. The summed E-state index contributed by atoms with van der Waals surface area (Å²) >= 11 is 8.84. The maximum atomic E-state index is 13.2. The van der Waals surface area contributed by atoms with E-state index in [4.69, 9.17) is 16.7 Å². The monoisotopic (exact) mass is 252 g/mol. The lowest BCUT2D eigenvalue weighted by Gasteiger charge is -2.06. The van der Waals surface area contributed by atoms with Gasteiger partial charge in [-0.3, -0.25) is 0 Å². The van der Waals surface area contributed by atoms with E-state index < -0.39 is 5.82 Å². The highest BCUT2D eigenvalue weighted by Gasteiger charge is 2.12. The molecule has 0 aliphatic heterocycles. The third kappa shape index (κ3) is 1.63. The van der Waals surface area contributed by atoms with Gasteiger partial charge in [-0.25, -0.2) is 4.39 Å². The molecule has 0 saturated heterocycles. The number of aryl methyl sites for hydroxylation is 1. The number of rotatable bonds is 1. The normalized spacial score (nSPS) is 10.4. The molecular weight excluding hydrogens is 246 g/mol. The van der Waals surface area contributed by atoms with Crippen molar-refractivity contribution in [3.8, 4) is 0 Å². The molecule has 1 nitrogen and oxygen atoms in total. The van der Waals surface area contributed by atoms with Crippen LogP contribution in [0.5, 0.6) is 0 Å². The minimum atomic E-state index is -0.409. The summed E-state index contributed by atoms with van der Waals surface area (Å²) in [5.74, 6) is -0.409. The topological polar surface area (TPSA) is 20.2 Å². The van der Waals surface area contributed by atoms with Gasteiger partial charge in [0, 0.05) is 10.0 Å². The molecule has 1 N–H and O–H groups in total. The molecule has 0 aliphatic carbocycles. The molecule has 0 atom stereocenters. The van der Waals surface area contributed by atoms with Gasteiger partial charge in [-0.15, -0.1) is 0 Å². The van der Waals surface area contributed by atoms with Crippen LogP contribution in [-0.2, 0) is 6.61 Å². The zero-order valence-electron chi connectivity index (χ0n) is 6.37. The van der Waals surface area contributed by atoms with Gasteiger partial charge in [-0.05, 0) is 34.5 Å². The van der Waals surface area contributed by atoms with Crippen molar-refractivity contribution in [2.24, 2.45) is 0 Å². The Kier molecular flexibility index (Phi) is 3.09. The van der Waals surface area contributed by atoms with E-state index in [1.54, 1.807) is 6.92 Å². The zero-order valence-corrected chi connectivity index (χ0v) is 8.71. The molecule has 0 unspecified atom stereocenters. The molecule has 1 aromatic carbocycles. The first-order valence-electron chi connectivity index (χ1n) is 3.31. The number of aliphatic hydroxyl groups excluding tert-OH is 1. The fraction of sp³-hybridized carbons (Fsp3) is 0.250. The molecule has 12 heavy (non-hydrogen) atoms. The minimum absolute atomic E-state index is 0.208. The molecule has 0 spiro atoms. The molecule has 1 aromatic rings. The molecule has 0 radical (unpaired) electrons. The molecule has 0 saturated carbocycles. The second-order valence-electron chi connectivity index (χ2n) is 2.44. The predicted molar refractivity (Wildman–Crippen MR) is 49.8 cm³/mol. The van der Waals surface area contributed by atoms with Crippen LogP contribution in [0, 0.1) is 12.7 Å². The lowest BCUT2D eigenvalue weighted by atomic mass is 10.1. The Balaban J connectivity index is 3.42. The van der Waals surface area contributed by atoms with Crippen molar-refractivity contribution >= 4 is 27.5 Å². The van der Waals surface area contributed by atoms with Crippen LogP contribution in [0.3, 0.4) is 0 Å². The molecule has 0 heterocycles. The first kappa shape index (κ1) is 9.96. The lowest BCUT2D eigenvalue weighted by Crippen LogP contribution is -1.95. The van der Waals surface area contributed by atoms with Crippen LogP contribution in [0.2, 0.25) is 5.02 Å². The maximum Gasteiger partial charge on any atom is 0.132 e. The van der Waals surface area contributed by atoms with Crippen LogP contribution in [0.1, 0.15) is 11.1 Å². The summed E-state index contributed by atoms with van der Waals surface area (Å²) in [7, 11) is 0. The Hall–Kier alpha value is -0.120. The van der Waals surface area contributed by atoms with E-state index in [9.17, 15) is 4.39 Å². The van der Waals surface area contributed by atoms with E-state index in [1.807, 2.05) is 0 Å². The summed E-state index contributed by atoms with van der Waals surface area (Å²) in [5, 5.41) is 9.23.